The van der Waals surface area contributed by atoms with Crippen LogP contribution in [0.5, 0.6) is 0 Å². The minimum Gasteiger partial charge on any atom is -0.481 e. The Morgan fingerprint density at radius 3 is 2.59 bits per heavy atom. The number of carbonyl (C=O) groups excluding carboxylic acids is 1. The second-order valence-electron chi connectivity index (χ2n) is 5.42. The van der Waals surface area contributed by atoms with E-state index >= 15 is 0 Å². The highest BCUT2D eigenvalue weighted by atomic mass is 16.4. The van der Waals surface area contributed by atoms with Gasteiger partial charge in [-0.1, -0.05) is 0 Å². The molecule has 0 bridgehead atoms. The van der Waals surface area contributed by atoms with Gasteiger partial charge < -0.3 is 14.9 Å². The van der Waals surface area contributed by atoms with E-state index in [1.807, 2.05) is 0 Å². The summed E-state index contributed by atoms with van der Waals surface area (Å²) in [4.78, 5) is 26.6. The zero-order valence-electron chi connectivity index (χ0n) is 10.4. The van der Waals surface area contributed by atoms with Crippen molar-refractivity contribution in [1.29, 1.82) is 0 Å². The summed E-state index contributed by atoms with van der Waals surface area (Å²) in [5, 5.41) is 8.80. The molecular weight excluding hydrogens is 220 g/mol. The van der Waals surface area contributed by atoms with Crippen LogP contribution < -0.4 is 0 Å². The second-order valence-corrected chi connectivity index (χ2v) is 5.42. The zero-order valence-corrected chi connectivity index (χ0v) is 10.4. The van der Waals surface area contributed by atoms with E-state index in [-0.39, 0.29) is 11.8 Å². The predicted octanol–water partition coefficient (Wildman–Crippen LogP) is 0.117. The number of hydrogen-bond acceptors (Lipinski definition) is 3. The summed E-state index contributed by atoms with van der Waals surface area (Å²) >= 11 is 0. The van der Waals surface area contributed by atoms with Gasteiger partial charge in [0.15, 0.2) is 0 Å². The first-order valence-electron chi connectivity index (χ1n) is 6.15. The number of aliphatic carboxylic acids is 1. The lowest BCUT2D eigenvalue weighted by Crippen LogP contribution is -2.34. The molecule has 96 valence electrons. The van der Waals surface area contributed by atoms with Crippen LogP contribution in [-0.4, -0.2) is 60.5 Å². The third-order valence-electron chi connectivity index (χ3n) is 3.82. The van der Waals surface area contributed by atoms with Gasteiger partial charge >= 0.3 is 5.97 Å². The Bertz CT molecular complexity index is 332. The third kappa shape index (κ3) is 2.77. The van der Waals surface area contributed by atoms with Crippen molar-refractivity contribution in [3.05, 3.63) is 0 Å². The molecule has 0 aromatic heterocycles. The van der Waals surface area contributed by atoms with E-state index < -0.39 is 11.9 Å². The quantitative estimate of drug-likeness (QED) is 0.758. The minimum atomic E-state index is -0.836. The maximum atomic E-state index is 11.9. The molecule has 1 unspecified atom stereocenters. The maximum Gasteiger partial charge on any atom is 0.307 e. The van der Waals surface area contributed by atoms with Crippen molar-refractivity contribution in [1.82, 2.24) is 9.80 Å². The fraction of sp³-hybridized carbons (Fsp3) is 0.833. The first-order valence-corrected chi connectivity index (χ1v) is 6.15. The fourth-order valence-electron chi connectivity index (χ4n) is 2.68. The van der Waals surface area contributed by atoms with E-state index in [4.69, 9.17) is 5.11 Å². The van der Waals surface area contributed by atoms with Gasteiger partial charge in [0.05, 0.1) is 11.8 Å². The SMILES string of the molecule is CN1CCC(CN(C)C(=O)[C@@H]2C[C@@H]2C(=O)O)C1. The summed E-state index contributed by atoms with van der Waals surface area (Å²) in [6, 6.07) is 0. The molecule has 0 aromatic rings. The van der Waals surface area contributed by atoms with E-state index in [0.29, 0.717) is 12.3 Å². The van der Waals surface area contributed by atoms with Crippen LogP contribution in [0.15, 0.2) is 0 Å². The highest BCUT2D eigenvalue weighted by molar-refractivity contribution is 5.89. The van der Waals surface area contributed by atoms with Gasteiger partial charge in [-0.25, -0.2) is 0 Å². The number of likely N-dealkylation sites (tertiary alicyclic amines) is 1. The molecule has 1 aliphatic heterocycles. The molecule has 1 saturated heterocycles. The van der Waals surface area contributed by atoms with Crippen LogP contribution in [0.25, 0.3) is 0 Å². The molecule has 3 atom stereocenters. The molecule has 1 amide bonds. The highest BCUT2D eigenvalue weighted by Gasteiger charge is 2.49. The average molecular weight is 240 g/mol. The molecule has 0 spiro atoms. The van der Waals surface area contributed by atoms with Crippen molar-refractivity contribution in [2.24, 2.45) is 17.8 Å². The van der Waals surface area contributed by atoms with E-state index in [2.05, 4.69) is 11.9 Å². The van der Waals surface area contributed by atoms with Gasteiger partial charge in [0.1, 0.15) is 0 Å². The normalized spacial score (nSPS) is 32.5. The van der Waals surface area contributed by atoms with Crippen LogP contribution in [0.3, 0.4) is 0 Å². The lowest BCUT2D eigenvalue weighted by Gasteiger charge is -2.21. The molecule has 1 aliphatic carbocycles. The summed E-state index contributed by atoms with van der Waals surface area (Å²) in [7, 11) is 3.88. The molecule has 2 aliphatic rings. The molecule has 2 rings (SSSR count). The molecule has 5 nitrogen and oxygen atoms in total. The number of rotatable bonds is 4. The second kappa shape index (κ2) is 4.64. The van der Waals surface area contributed by atoms with Crippen LogP contribution in [0.2, 0.25) is 0 Å². The first kappa shape index (κ1) is 12.4. The van der Waals surface area contributed by atoms with Crippen LogP contribution in [-0.2, 0) is 9.59 Å². The molecular formula is C12H20N2O3. The van der Waals surface area contributed by atoms with E-state index in [1.165, 1.54) is 0 Å². The Labute approximate surface area is 101 Å². The topological polar surface area (TPSA) is 60.9 Å². The van der Waals surface area contributed by atoms with E-state index in [1.54, 1.807) is 11.9 Å². The number of carboxylic acids is 1. The zero-order chi connectivity index (χ0) is 12.6. The van der Waals surface area contributed by atoms with Crippen molar-refractivity contribution in [2.75, 3.05) is 33.7 Å². The van der Waals surface area contributed by atoms with Crippen LogP contribution >= 0.6 is 0 Å². The van der Waals surface area contributed by atoms with Crippen molar-refractivity contribution in [3.63, 3.8) is 0 Å². The summed E-state index contributed by atoms with van der Waals surface area (Å²) in [6.07, 6.45) is 1.64. The Hall–Kier alpha value is -1.10. The van der Waals surface area contributed by atoms with Crippen LogP contribution in [0, 0.1) is 17.8 Å². The number of amides is 1. The maximum absolute atomic E-state index is 11.9. The molecule has 1 saturated carbocycles. The molecule has 0 radical (unpaired) electrons. The summed E-state index contributed by atoms with van der Waals surface area (Å²) in [6.45, 7) is 2.88. The molecule has 1 heterocycles. The monoisotopic (exact) mass is 240 g/mol. The Morgan fingerprint density at radius 1 is 1.41 bits per heavy atom. The van der Waals surface area contributed by atoms with Crippen molar-refractivity contribution in [3.8, 4) is 0 Å². The first-order chi connectivity index (χ1) is 7.99. The number of nitrogens with zero attached hydrogens (tertiary/aromatic N) is 2. The van der Waals surface area contributed by atoms with Gasteiger partial charge in [-0.3, -0.25) is 9.59 Å². The van der Waals surface area contributed by atoms with Crippen molar-refractivity contribution >= 4 is 11.9 Å². The number of carboxylic acid groups (broad SMARTS) is 1. The average Bonchev–Trinajstić information content (AvgIpc) is 2.96. The lowest BCUT2D eigenvalue weighted by molar-refractivity contribution is -0.141. The Balaban J connectivity index is 1.78. The van der Waals surface area contributed by atoms with Gasteiger partial charge in [0.2, 0.25) is 5.91 Å². The largest absolute Gasteiger partial charge is 0.481 e. The van der Waals surface area contributed by atoms with Crippen molar-refractivity contribution in [2.45, 2.75) is 12.8 Å². The summed E-state index contributed by atoms with van der Waals surface area (Å²) < 4.78 is 0. The van der Waals surface area contributed by atoms with Crippen LogP contribution in [0.1, 0.15) is 12.8 Å². The predicted molar refractivity (Wildman–Crippen MR) is 62.5 cm³/mol. The Morgan fingerprint density at radius 2 is 2.12 bits per heavy atom. The summed E-state index contributed by atoms with van der Waals surface area (Å²) in [5.41, 5.74) is 0. The minimum absolute atomic E-state index is 0.00644. The fourth-order valence-corrected chi connectivity index (χ4v) is 2.68. The smallest absolute Gasteiger partial charge is 0.307 e. The highest BCUT2D eigenvalue weighted by Crippen LogP contribution is 2.40. The summed E-state index contributed by atoms with van der Waals surface area (Å²) in [5.74, 6) is -0.992. The van der Waals surface area contributed by atoms with E-state index in [9.17, 15) is 9.59 Å². The van der Waals surface area contributed by atoms with Crippen LogP contribution in [0.4, 0.5) is 0 Å². The third-order valence-corrected chi connectivity index (χ3v) is 3.82. The number of carbonyl (C=O) groups is 2. The molecule has 0 aromatic carbocycles. The van der Waals surface area contributed by atoms with E-state index in [0.717, 1.165) is 26.1 Å². The molecule has 2 fully saturated rings. The van der Waals surface area contributed by atoms with Gasteiger partial charge in [0.25, 0.3) is 0 Å². The van der Waals surface area contributed by atoms with Gasteiger partial charge in [-0.15, -0.1) is 0 Å². The number of hydrogen-bond donors (Lipinski definition) is 1. The standard InChI is InChI=1S/C12H20N2O3/c1-13-4-3-8(6-13)7-14(2)11(15)9-5-10(9)12(16)17/h8-10H,3-7H2,1-2H3,(H,16,17)/t8?,9-,10+/m1/s1. The van der Waals surface area contributed by atoms with Gasteiger partial charge in [-0.05, 0) is 32.4 Å². The van der Waals surface area contributed by atoms with Crippen molar-refractivity contribution < 1.29 is 14.7 Å². The Kier molecular flexibility index (Phi) is 3.38. The molecule has 1 N–H and O–H groups in total. The lowest BCUT2D eigenvalue weighted by atomic mass is 10.1. The van der Waals surface area contributed by atoms with Gasteiger partial charge in [0, 0.05) is 20.1 Å². The molecule has 5 heteroatoms. The molecule has 17 heavy (non-hydrogen) atoms. The van der Waals surface area contributed by atoms with Gasteiger partial charge in [-0.2, -0.15) is 0 Å².